The second kappa shape index (κ2) is 7.06. The van der Waals surface area contributed by atoms with E-state index in [0.717, 1.165) is 17.1 Å². The number of H-pyrrole nitrogens is 1. The quantitative estimate of drug-likeness (QED) is 0.660. The molecule has 0 bridgehead atoms. The van der Waals surface area contributed by atoms with Crippen LogP contribution in [0.5, 0.6) is 5.75 Å². The predicted molar refractivity (Wildman–Crippen MR) is 85.4 cm³/mol. The number of nitriles is 1. The van der Waals surface area contributed by atoms with Gasteiger partial charge in [-0.3, -0.25) is 4.68 Å². The second-order valence-corrected chi connectivity index (χ2v) is 4.81. The highest BCUT2D eigenvalue weighted by Crippen LogP contribution is 2.17. The first-order valence-corrected chi connectivity index (χ1v) is 7.06. The van der Waals surface area contributed by atoms with Crippen LogP contribution in [0.2, 0.25) is 0 Å². The molecule has 2 N–H and O–H groups in total. The number of hydrogen-bond donors (Lipinski definition) is 2. The number of benzene rings is 1. The van der Waals surface area contributed by atoms with Gasteiger partial charge in [-0.2, -0.15) is 15.6 Å². The van der Waals surface area contributed by atoms with Crippen LogP contribution in [-0.4, -0.2) is 30.4 Å². The molecule has 0 aliphatic carbocycles. The number of nitrogens with one attached hydrogen (secondary N) is 2. The molecule has 9 heteroatoms. The van der Waals surface area contributed by atoms with Gasteiger partial charge in [-0.1, -0.05) is 0 Å². The van der Waals surface area contributed by atoms with E-state index in [1.807, 2.05) is 43.4 Å². The van der Waals surface area contributed by atoms with Gasteiger partial charge in [0.05, 0.1) is 5.69 Å². The molecule has 3 rings (SSSR count). The molecular weight excluding hydrogens is 308 g/mol. The molecule has 9 nitrogen and oxygen atoms in total. The van der Waals surface area contributed by atoms with Gasteiger partial charge in [-0.25, -0.2) is 0 Å². The van der Waals surface area contributed by atoms with Crippen molar-refractivity contribution in [2.24, 2.45) is 7.05 Å². The minimum atomic E-state index is 0.237. The smallest absolute Gasteiger partial charge is 0.216 e. The molecule has 0 aliphatic rings. The van der Waals surface area contributed by atoms with Crippen molar-refractivity contribution in [2.75, 3.05) is 5.32 Å². The minimum absolute atomic E-state index is 0.237. The molecule has 24 heavy (non-hydrogen) atoms. The van der Waals surface area contributed by atoms with Gasteiger partial charge < -0.3 is 10.1 Å². The Bertz CT molecular complexity index is 858. The van der Waals surface area contributed by atoms with E-state index in [-0.39, 0.29) is 11.4 Å². The van der Waals surface area contributed by atoms with Crippen LogP contribution < -0.4 is 10.1 Å². The first kappa shape index (κ1) is 15.2. The number of nitrogens with zero attached hydrogens (tertiary/aromatic N) is 6. The van der Waals surface area contributed by atoms with E-state index in [9.17, 15) is 0 Å². The molecule has 1 aromatic carbocycles. The zero-order valence-corrected chi connectivity index (χ0v) is 12.8. The highest BCUT2D eigenvalue weighted by atomic mass is 16.5. The molecule has 0 fully saturated rings. The standard InChI is InChI=1S/C15H14N8O/c1-23-13(6-7-18-23)10-24-14-4-2-12(3-5-14)17-9-11(8-16)15-19-21-22-20-15/h2-7,9,17H,10H2,1H3,(H,19,20,21,22). The number of rotatable bonds is 6. The van der Waals surface area contributed by atoms with Crippen molar-refractivity contribution in [3.05, 3.63) is 54.2 Å². The van der Waals surface area contributed by atoms with Crippen molar-refractivity contribution < 1.29 is 4.74 Å². The molecule has 2 heterocycles. The highest BCUT2D eigenvalue weighted by Gasteiger charge is 2.05. The number of aryl methyl sites for hydroxylation is 1. The number of anilines is 1. The van der Waals surface area contributed by atoms with Crippen LogP contribution in [0.25, 0.3) is 5.57 Å². The van der Waals surface area contributed by atoms with Crippen LogP contribution in [0.1, 0.15) is 11.5 Å². The van der Waals surface area contributed by atoms with E-state index >= 15 is 0 Å². The van der Waals surface area contributed by atoms with Crippen molar-refractivity contribution in [1.82, 2.24) is 30.4 Å². The Labute approximate surface area is 137 Å². The van der Waals surface area contributed by atoms with Gasteiger partial charge in [0.1, 0.15) is 24.0 Å². The summed E-state index contributed by atoms with van der Waals surface area (Å²) in [4.78, 5) is 0. The zero-order chi connectivity index (χ0) is 16.8. The van der Waals surface area contributed by atoms with E-state index in [1.54, 1.807) is 10.9 Å². The van der Waals surface area contributed by atoms with Crippen molar-refractivity contribution in [2.45, 2.75) is 6.61 Å². The molecule has 2 aromatic heterocycles. The summed E-state index contributed by atoms with van der Waals surface area (Å²) in [6.07, 6.45) is 3.25. The number of tetrazole rings is 1. The normalized spacial score (nSPS) is 11.1. The summed E-state index contributed by atoms with van der Waals surface area (Å²) in [6, 6.07) is 11.3. The van der Waals surface area contributed by atoms with E-state index in [1.165, 1.54) is 6.20 Å². The third-order valence-corrected chi connectivity index (χ3v) is 3.25. The summed E-state index contributed by atoms with van der Waals surface area (Å²) in [6.45, 7) is 0.444. The molecule has 3 aromatic rings. The largest absolute Gasteiger partial charge is 0.487 e. The maximum atomic E-state index is 9.10. The Morgan fingerprint density at radius 2 is 2.21 bits per heavy atom. The Morgan fingerprint density at radius 3 is 2.83 bits per heavy atom. The van der Waals surface area contributed by atoms with Gasteiger partial charge in [-0.15, -0.1) is 10.2 Å². The van der Waals surface area contributed by atoms with Crippen LogP contribution >= 0.6 is 0 Å². The van der Waals surface area contributed by atoms with Gasteiger partial charge in [0.25, 0.3) is 0 Å². The van der Waals surface area contributed by atoms with Crippen molar-refractivity contribution >= 4 is 11.3 Å². The average Bonchev–Trinajstić information content (AvgIpc) is 3.27. The Morgan fingerprint density at radius 1 is 1.38 bits per heavy atom. The van der Waals surface area contributed by atoms with Crippen LogP contribution in [0.3, 0.4) is 0 Å². The zero-order valence-electron chi connectivity index (χ0n) is 12.8. The SMILES string of the molecule is Cn1nccc1COc1ccc(NC=C(C#N)c2nn[nH]n2)cc1. The fourth-order valence-electron chi connectivity index (χ4n) is 1.93. The molecule has 0 saturated heterocycles. The second-order valence-electron chi connectivity index (χ2n) is 4.81. The van der Waals surface area contributed by atoms with Gasteiger partial charge in [-0.05, 0) is 35.5 Å². The van der Waals surface area contributed by atoms with Gasteiger partial charge in [0.2, 0.25) is 5.82 Å². The van der Waals surface area contributed by atoms with Crippen LogP contribution in [-0.2, 0) is 13.7 Å². The van der Waals surface area contributed by atoms with E-state index < -0.39 is 0 Å². The third-order valence-electron chi connectivity index (χ3n) is 3.25. The highest BCUT2D eigenvalue weighted by molar-refractivity contribution is 5.74. The number of hydrogen-bond acceptors (Lipinski definition) is 7. The fraction of sp³-hybridized carbons (Fsp3) is 0.133. The van der Waals surface area contributed by atoms with Gasteiger partial charge in [0.15, 0.2) is 0 Å². The molecule has 0 amide bonds. The monoisotopic (exact) mass is 322 g/mol. The van der Waals surface area contributed by atoms with Gasteiger partial charge in [0, 0.05) is 25.1 Å². The van der Waals surface area contributed by atoms with Crippen molar-refractivity contribution in [1.29, 1.82) is 5.26 Å². The van der Waals surface area contributed by atoms with Crippen molar-refractivity contribution in [3.63, 3.8) is 0 Å². The number of aromatic amines is 1. The molecular formula is C15H14N8O. The Hall–Kier alpha value is -3.67. The Kier molecular flexibility index (Phi) is 4.48. The molecule has 0 spiro atoms. The topological polar surface area (TPSA) is 117 Å². The lowest BCUT2D eigenvalue weighted by Gasteiger charge is -2.07. The van der Waals surface area contributed by atoms with Crippen LogP contribution in [0.15, 0.2) is 42.7 Å². The lowest BCUT2D eigenvalue weighted by atomic mass is 10.3. The predicted octanol–water partition coefficient (Wildman–Crippen LogP) is 1.49. The van der Waals surface area contributed by atoms with E-state index in [2.05, 4.69) is 31.0 Å². The molecule has 0 saturated carbocycles. The van der Waals surface area contributed by atoms with Crippen LogP contribution in [0.4, 0.5) is 5.69 Å². The van der Waals surface area contributed by atoms with Crippen LogP contribution in [0, 0.1) is 11.3 Å². The summed E-state index contributed by atoms with van der Waals surface area (Å²) in [5.41, 5.74) is 2.07. The van der Waals surface area contributed by atoms with E-state index in [4.69, 9.17) is 10.00 Å². The lowest BCUT2D eigenvalue weighted by Crippen LogP contribution is -2.02. The summed E-state index contributed by atoms with van der Waals surface area (Å²) in [5.74, 6) is 0.977. The number of ether oxygens (including phenoxy) is 1. The summed E-state index contributed by atoms with van der Waals surface area (Å²) >= 11 is 0. The first-order valence-electron chi connectivity index (χ1n) is 7.06. The maximum absolute atomic E-state index is 9.10. The molecule has 120 valence electrons. The Balaban J connectivity index is 1.60. The molecule has 0 radical (unpaired) electrons. The maximum Gasteiger partial charge on any atom is 0.216 e. The number of aromatic nitrogens is 6. The summed E-state index contributed by atoms with van der Waals surface area (Å²) in [7, 11) is 1.87. The summed E-state index contributed by atoms with van der Waals surface area (Å²) in [5, 5.41) is 29.5. The molecule has 0 atom stereocenters. The van der Waals surface area contributed by atoms with Gasteiger partial charge >= 0.3 is 0 Å². The minimum Gasteiger partial charge on any atom is -0.487 e. The lowest BCUT2D eigenvalue weighted by molar-refractivity contribution is 0.295. The molecule has 0 unspecified atom stereocenters. The number of allylic oxidation sites excluding steroid dienone is 1. The fourth-order valence-corrected chi connectivity index (χ4v) is 1.93. The average molecular weight is 322 g/mol. The third kappa shape index (κ3) is 3.56. The first-order chi connectivity index (χ1) is 11.8. The van der Waals surface area contributed by atoms with E-state index in [0.29, 0.717) is 6.61 Å². The molecule has 0 aliphatic heterocycles. The summed E-state index contributed by atoms with van der Waals surface area (Å²) < 4.78 is 7.47. The van der Waals surface area contributed by atoms with Crippen molar-refractivity contribution in [3.8, 4) is 11.8 Å².